The van der Waals surface area contributed by atoms with Crippen molar-refractivity contribution in [3.63, 3.8) is 0 Å². The number of thiophene rings is 1. The number of aliphatic hydroxyl groups excluding tert-OH is 1. The van der Waals surface area contributed by atoms with E-state index in [-0.39, 0.29) is 12.2 Å². The lowest BCUT2D eigenvalue weighted by molar-refractivity contribution is -0.214. The zero-order valence-electron chi connectivity index (χ0n) is 14.4. The lowest BCUT2D eigenvalue weighted by atomic mass is 9.98. The molecule has 0 saturated carbocycles. The Hall–Kier alpha value is -0.660. The van der Waals surface area contributed by atoms with Gasteiger partial charge in [-0.1, -0.05) is 35.3 Å². The molecule has 140 valence electrons. The fourth-order valence-corrected chi connectivity index (χ4v) is 4.80. The Morgan fingerprint density at radius 3 is 2.73 bits per heavy atom. The normalized spacial score (nSPS) is 28.3. The number of benzene rings is 1. The molecule has 4 atom stereocenters. The molecule has 1 unspecified atom stereocenters. The summed E-state index contributed by atoms with van der Waals surface area (Å²) < 4.78 is 18.2. The van der Waals surface area contributed by atoms with Gasteiger partial charge in [0.1, 0.15) is 12.2 Å². The van der Waals surface area contributed by atoms with Crippen molar-refractivity contribution in [2.45, 2.75) is 57.1 Å². The first kappa shape index (κ1) is 18.7. The Labute approximate surface area is 166 Å². The van der Waals surface area contributed by atoms with E-state index >= 15 is 0 Å². The fraction of sp³-hybridized carbons (Fsp3) is 0.474. The van der Waals surface area contributed by atoms with Crippen LogP contribution >= 0.6 is 34.5 Å². The van der Waals surface area contributed by atoms with Gasteiger partial charge in [-0.05, 0) is 43.2 Å². The quantitative estimate of drug-likeness (QED) is 0.768. The Morgan fingerprint density at radius 2 is 2.04 bits per heavy atom. The molecular weight excluding hydrogens is 395 g/mol. The Balaban J connectivity index is 1.48. The third-order valence-electron chi connectivity index (χ3n) is 4.67. The molecule has 7 heteroatoms. The molecule has 0 spiro atoms. The van der Waals surface area contributed by atoms with Crippen LogP contribution in [0.5, 0.6) is 0 Å². The standard InChI is InChI=1S/C19H20Cl2O4S/c1-19(2)24-15-9-14(23-18(15)25-19)17(22)10-3-5-13(20)11(7-10)8-12-4-6-16(21)26-12/h3-7,14-15,17-18,22H,8-9H2,1-2H3/t14-,15+,17?,18+/m1/s1. The average molecular weight is 415 g/mol. The van der Waals surface area contributed by atoms with Crippen LogP contribution in [0.15, 0.2) is 30.3 Å². The van der Waals surface area contributed by atoms with Gasteiger partial charge in [-0.25, -0.2) is 0 Å². The van der Waals surface area contributed by atoms with Gasteiger partial charge < -0.3 is 19.3 Å². The highest BCUT2D eigenvalue weighted by Gasteiger charge is 2.50. The van der Waals surface area contributed by atoms with Gasteiger partial charge in [-0.2, -0.15) is 0 Å². The molecule has 0 amide bonds. The van der Waals surface area contributed by atoms with E-state index in [9.17, 15) is 5.11 Å². The molecule has 4 nitrogen and oxygen atoms in total. The highest BCUT2D eigenvalue weighted by molar-refractivity contribution is 7.16. The SMILES string of the molecule is CC1(C)O[C@@H]2O[C@@H](C(O)c3ccc(Cl)c(Cc4ccc(Cl)s4)c3)C[C@@H]2O1. The molecule has 1 aromatic heterocycles. The smallest absolute Gasteiger partial charge is 0.187 e. The number of rotatable bonds is 4. The van der Waals surface area contributed by atoms with Gasteiger partial charge in [0.15, 0.2) is 12.1 Å². The van der Waals surface area contributed by atoms with Crippen LogP contribution in [0.4, 0.5) is 0 Å². The molecule has 3 heterocycles. The van der Waals surface area contributed by atoms with Crippen LogP contribution in [-0.4, -0.2) is 29.4 Å². The van der Waals surface area contributed by atoms with Crippen LogP contribution in [0, 0.1) is 0 Å². The summed E-state index contributed by atoms with van der Waals surface area (Å²) in [5.41, 5.74) is 1.73. The third-order valence-corrected chi connectivity index (χ3v) is 6.27. The van der Waals surface area contributed by atoms with Crippen molar-refractivity contribution in [2.24, 2.45) is 0 Å². The van der Waals surface area contributed by atoms with Crippen LogP contribution in [0.25, 0.3) is 0 Å². The summed E-state index contributed by atoms with van der Waals surface area (Å²) in [5.74, 6) is -0.638. The molecule has 1 N–H and O–H groups in total. The first-order valence-corrected chi connectivity index (χ1v) is 10.1. The predicted molar refractivity (Wildman–Crippen MR) is 102 cm³/mol. The van der Waals surface area contributed by atoms with Gasteiger partial charge in [0.2, 0.25) is 0 Å². The summed E-state index contributed by atoms with van der Waals surface area (Å²) in [5, 5.41) is 11.5. The van der Waals surface area contributed by atoms with Crippen LogP contribution in [-0.2, 0) is 20.6 Å². The minimum Gasteiger partial charge on any atom is -0.386 e. The van der Waals surface area contributed by atoms with Gasteiger partial charge in [-0.3, -0.25) is 0 Å². The number of hydrogen-bond donors (Lipinski definition) is 1. The molecule has 1 aromatic carbocycles. The summed E-state index contributed by atoms with van der Waals surface area (Å²) in [4.78, 5) is 1.12. The zero-order valence-corrected chi connectivity index (χ0v) is 16.8. The van der Waals surface area contributed by atoms with Gasteiger partial charge >= 0.3 is 0 Å². The van der Waals surface area contributed by atoms with Crippen molar-refractivity contribution in [1.29, 1.82) is 0 Å². The van der Waals surface area contributed by atoms with Crippen molar-refractivity contribution >= 4 is 34.5 Å². The highest BCUT2D eigenvalue weighted by Crippen LogP contribution is 2.41. The van der Waals surface area contributed by atoms with E-state index in [0.29, 0.717) is 17.9 Å². The van der Waals surface area contributed by atoms with Gasteiger partial charge in [-0.15, -0.1) is 11.3 Å². The molecule has 2 aliphatic rings. The molecule has 2 saturated heterocycles. The molecule has 0 radical (unpaired) electrons. The minimum atomic E-state index is -0.765. The maximum absolute atomic E-state index is 10.8. The van der Waals surface area contributed by atoms with E-state index in [4.69, 9.17) is 37.4 Å². The van der Waals surface area contributed by atoms with Crippen molar-refractivity contribution in [1.82, 2.24) is 0 Å². The van der Waals surface area contributed by atoms with Crippen molar-refractivity contribution in [3.05, 3.63) is 55.7 Å². The lowest BCUT2D eigenvalue weighted by Crippen LogP contribution is -2.27. The third kappa shape index (κ3) is 3.80. The Kier molecular flexibility index (Phi) is 5.07. The second-order valence-electron chi connectivity index (χ2n) is 7.13. The van der Waals surface area contributed by atoms with E-state index in [0.717, 1.165) is 20.3 Å². The summed E-state index contributed by atoms with van der Waals surface area (Å²) in [6.07, 6.45) is -0.443. The first-order chi connectivity index (χ1) is 12.3. The number of hydrogen-bond acceptors (Lipinski definition) is 5. The van der Waals surface area contributed by atoms with Crippen molar-refractivity contribution in [2.75, 3.05) is 0 Å². The van der Waals surface area contributed by atoms with Crippen molar-refractivity contribution < 1.29 is 19.3 Å². The Bertz CT molecular complexity index is 791. The molecule has 26 heavy (non-hydrogen) atoms. The predicted octanol–water partition coefficient (Wildman–Crippen LogP) is 4.95. The summed E-state index contributed by atoms with van der Waals surface area (Å²) >= 11 is 13.9. The van der Waals surface area contributed by atoms with Crippen LogP contribution in [0.3, 0.4) is 0 Å². The number of ether oxygens (including phenoxy) is 3. The number of fused-ring (bicyclic) bond motifs is 1. The topological polar surface area (TPSA) is 47.9 Å². The van der Waals surface area contributed by atoms with E-state index in [1.54, 1.807) is 0 Å². The second-order valence-corrected chi connectivity index (χ2v) is 9.34. The maximum Gasteiger partial charge on any atom is 0.187 e. The summed E-state index contributed by atoms with van der Waals surface area (Å²) in [6.45, 7) is 3.73. The molecule has 2 fully saturated rings. The van der Waals surface area contributed by atoms with Crippen LogP contribution in [0.2, 0.25) is 9.36 Å². The molecule has 4 rings (SSSR count). The molecule has 0 bridgehead atoms. The highest BCUT2D eigenvalue weighted by atomic mass is 35.5. The summed E-state index contributed by atoms with van der Waals surface area (Å²) in [7, 11) is 0. The van der Waals surface area contributed by atoms with E-state index in [2.05, 4.69) is 0 Å². The van der Waals surface area contributed by atoms with Crippen LogP contribution in [0.1, 0.15) is 42.4 Å². The summed E-state index contributed by atoms with van der Waals surface area (Å²) in [6, 6.07) is 9.45. The van der Waals surface area contributed by atoms with Gasteiger partial charge in [0.05, 0.1) is 10.4 Å². The number of aliphatic hydroxyl groups is 1. The van der Waals surface area contributed by atoms with E-state index in [1.807, 2.05) is 44.2 Å². The van der Waals surface area contributed by atoms with Crippen molar-refractivity contribution in [3.8, 4) is 0 Å². The molecular formula is C19H20Cl2O4S. The second kappa shape index (κ2) is 7.06. The minimum absolute atomic E-state index is 0.148. The van der Waals surface area contributed by atoms with E-state index in [1.165, 1.54) is 11.3 Å². The fourth-order valence-electron chi connectivity index (χ4n) is 3.50. The van der Waals surface area contributed by atoms with Gasteiger partial charge in [0, 0.05) is 22.7 Å². The maximum atomic E-state index is 10.8. The largest absolute Gasteiger partial charge is 0.386 e. The zero-order chi connectivity index (χ0) is 18.5. The van der Waals surface area contributed by atoms with Crippen LogP contribution < -0.4 is 0 Å². The molecule has 2 aromatic rings. The van der Waals surface area contributed by atoms with E-state index < -0.39 is 18.2 Å². The lowest BCUT2D eigenvalue weighted by Gasteiger charge is -2.23. The Morgan fingerprint density at radius 1 is 1.23 bits per heavy atom. The number of halogens is 2. The molecule has 0 aliphatic carbocycles. The monoisotopic (exact) mass is 414 g/mol. The average Bonchev–Trinajstić information content (AvgIpc) is 3.21. The van der Waals surface area contributed by atoms with Gasteiger partial charge in [0.25, 0.3) is 0 Å². The first-order valence-electron chi connectivity index (χ1n) is 8.52. The molecule has 2 aliphatic heterocycles.